The molecule has 16 heavy (non-hydrogen) atoms. The Kier molecular flexibility index (Phi) is 1.76. The number of aliphatic hydroxyl groups is 1. The van der Waals surface area contributed by atoms with Gasteiger partial charge in [-0.3, -0.25) is 0 Å². The zero-order valence-electron chi connectivity index (χ0n) is 9.38. The van der Waals surface area contributed by atoms with Crippen molar-refractivity contribution in [3.05, 3.63) is 24.3 Å². The van der Waals surface area contributed by atoms with E-state index in [-0.39, 0.29) is 17.6 Å². The van der Waals surface area contributed by atoms with Crippen LogP contribution in [0.4, 0.5) is 0 Å². The Morgan fingerprint density at radius 3 is 3.12 bits per heavy atom. The van der Waals surface area contributed by atoms with Crippen LogP contribution in [0.25, 0.3) is 0 Å². The highest BCUT2D eigenvalue weighted by molar-refractivity contribution is 5.29. The first-order valence-corrected chi connectivity index (χ1v) is 6.49. The van der Waals surface area contributed by atoms with E-state index in [0.717, 1.165) is 25.9 Å². The molecule has 0 aromatic rings. The summed E-state index contributed by atoms with van der Waals surface area (Å²) in [5.74, 6) is 1.56. The van der Waals surface area contributed by atoms with Crippen LogP contribution in [0.5, 0.6) is 0 Å². The van der Waals surface area contributed by atoms with Crippen LogP contribution in [-0.4, -0.2) is 23.9 Å². The molecule has 0 aromatic heterocycles. The third-order valence-corrected chi connectivity index (χ3v) is 5.33. The van der Waals surface area contributed by atoms with E-state index < -0.39 is 0 Å². The van der Waals surface area contributed by atoms with Gasteiger partial charge in [0.2, 0.25) is 0 Å². The molecule has 2 fully saturated rings. The standard InChI is InChI=1S/C14H18O2/c15-13-10-5-6-12-14(13,7-2-8-16-12)11-4-1-3-9(10)11/h1,4-6,9-13,15H,2-3,7-8H2/t9-,10+,11-,12-,13-,14+/m1/s1. The highest BCUT2D eigenvalue weighted by Gasteiger charge is 2.64. The molecule has 0 aromatic carbocycles. The topological polar surface area (TPSA) is 29.5 Å². The van der Waals surface area contributed by atoms with E-state index in [1.54, 1.807) is 0 Å². The molecule has 1 heterocycles. The fourth-order valence-corrected chi connectivity index (χ4v) is 4.71. The lowest BCUT2D eigenvalue weighted by molar-refractivity contribution is -0.126. The molecule has 1 aliphatic heterocycles. The van der Waals surface area contributed by atoms with Crippen molar-refractivity contribution >= 4 is 0 Å². The second-order valence-corrected chi connectivity index (χ2v) is 5.77. The summed E-state index contributed by atoms with van der Waals surface area (Å²) in [6.45, 7) is 0.856. The van der Waals surface area contributed by atoms with Crippen LogP contribution in [0.1, 0.15) is 19.3 Å². The molecule has 0 unspecified atom stereocenters. The molecule has 1 saturated carbocycles. The molecule has 4 rings (SSSR count). The number of hydrogen-bond acceptors (Lipinski definition) is 2. The van der Waals surface area contributed by atoms with Crippen molar-refractivity contribution < 1.29 is 9.84 Å². The minimum absolute atomic E-state index is 0.00926. The van der Waals surface area contributed by atoms with E-state index in [2.05, 4.69) is 24.3 Å². The first-order valence-electron chi connectivity index (χ1n) is 6.49. The van der Waals surface area contributed by atoms with Gasteiger partial charge < -0.3 is 9.84 Å². The monoisotopic (exact) mass is 218 g/mol. The summed E-state index contributed by atoms with van der Waals surface area (Å²) < 4.78 is 5.90. The normalized spacial score (nSPS) is 57.4. The summed E-state index contributed by atoms with van der Waals surface area (Å²) in [7, 11) is 0. The van der Waals surface area contributed by atoms with Gasteiger partial charge in [-0.1, -0.05) is 24.3 Å². The Morgan fingerprint density at radius 2 is 2.19 bits per heavy atom. The summed E-state index contributed by atoms with van der Waals surface area (Å²) in [5.41, 5.74) is 0.00926. The number of fused-ring (bicyclic) bond motifs is 3. The van der Waals surface area contributed by atoms with Crippen LogP contribution in [0.3, 0.4) is 0 Å². The predicted octanol–water partition coefficient (Wildman–Crippen LogP) is 1.90. The molecule has 0 amide bonds. The van der Waals surface area contributed by atoms with Crippen molar-refractivity contribution in [1.29, 1.82) is 0 Å². The molecule has 2 nitrogen and oxygen atoms in total. The molecule has 3 aliphatic carbocycles. The smallest absolute Gasteiger partial charge is 0.0842 e. The fourth-order valence-electron chi connectivity index (χ4n) is 4.71. The van der Waals surface area contributed by atoms with Crippen molar-refractivity contribution in [3.8, 4) is 0 Å². The average molecular weight is 218 g/mol. The zero-order chi connectivity index (χ0) is 10.8. The van der Waals surface area contributed by atoms with E-state index in [1.165, 1.54) is 0 Å². The van der Waals surface area contributed by atoms with E-state index in [0.29, 0.717) is 17.8 Å². The lowest BCUT2D eigenvalue weighted by Gasteiger charge is -2.47. The van der Waals surface area contributed by atoms with Gasteiger partial charge in [0, 0.05) is 17.9 Å². The van der Waals surface area contributed by atoms with E-state index in [1.807, 2.05) is 0 Å². The number of allylic oxidation sites excluding steroid dienone is 2. The van der Waals surface area contributed by atoms with Gasteiger partial charge in [-0.05, 0) is 31.1 Å². The van der Waals surface area contributed by atoms with Crippen molar-refractivity contribution in [2.24, 2.45) is 23.2 Å². The second-order valence-electron chi connectivity index (χ2n) is 5.77. The quantitative estimate of drug-likeness (QED) is 0.629. The molecule has 1 saturated heterocycles. The van der Waals surface area contributed by atoms with Gasteiger partial charge in [0.05, 0.1) is 12.2 Å². The fraction of sp³-hybridized carbons (Fsp3) is 0.714. The van der Waals surface area contributed by atoms with Crippen LogP contribution in [0, 0.1) is 23.2 Å². The lowest BCUT2D eigenvalue weighted by atomic mass is 9.65. The molecule has 4 aliphatic rings. The van der Waals surface area contributed by atoms with Crippen LogP contribution >= 0.6 is 0 Å². The average Bonchev–Trinajstić information content (AvgIpc) is 2.82. The molecular weight excluding hydrogens is 200 g/mol. The van der Waals surface area contributed by atoms with Gasteiger partial charge in [-0.15, -0.1) is 0 Å². The van der Waals surface area contributed by atoms with Crippen LogP contribution in [0.2, 0.25) is 0 Å². The van der Waals surface area contributed by atoms with Crippen molar-refractivity contribution in [2.75, 3.05) is 6.61 Å². The molecule has 1 N–H and O–H groups in total. The third-order valence-electron chi connectivity index (χ3n) is 5.33. The summed E-state index contributed by atoms with van der Waals surface area (Å²) in [4.78, 5) is 0. The Morgan fingerprint density at radius 1 is 1.25 bits per heavy atom. The minimum atomic E-state index is -0.178. The van der Waals surface area contributed by atoms with E-state index in [4.69, 9.17) is 4.74 Å². The third kappa shape index (κ3) is 0.880. The van der Waals surface area contributed by atoms with Crippen molar-refractivity contribution in [3.63, 3.8) is 0 Å². The first kappa shape index (κ1) is 9.43. The van der Waals surface area contributed by atoms with Gasteiger partial charge in [0.15, 0.2) is 0 Å². The maximum Gasteiger partial charge on any atom is 0.0842 e. The summed E-state index contributed by atoms with van der Waals surface area (Å²) in [6, 6.07) is 0. The first-order chi connectivity index (χ1) is 7.84. The largest absolute Gasteiger partial charge is 0.392 e. The number of rotatable bonds is 0. The highest BCUT2D eigenvalue weighted by Crippen LogP contribution is 2.62. The SMILES string of the molecule is O[C@@H]1[C@H]2C=C[C@H]3OCCC[C@@]13[C@@H]1C=CC[C@H]21. The van der Waals surface area contributed by atoms with E-state index >= 15 is 0 Å². The summed E-state index contributed by atoms with van der Waals surface area (Å²) in [5, 5.41) is 10.6. The van der Waals surface area contributed by atoms with Gasteiger partial charge in [0.25, 0.3) is 0 Å². The lowest BCUT2D eigenvalue weighted by Crippen LogP contribution is -2.51. The maximum atomic E-state index is 10.6. The van der Waals surface area contributed by atoms with Crippen LogP contribution < -0.4 is 0 Å². The van der Waals surface area contributed by atoms with Gasteiger partial charge in [-0.2, -0.15) is 0 Å². The van der Waals surface area contributed by atoms with Crippen LogP contribution in [0.15, 0.2) is 24.3 Å². The Labute approximate surface area is 96.0 Å². The number of ether oxygens (including phenoxy) is 1. The Hall–Kier alpha value is -0.600. The molecule has 1 spiro atoms. The van der Waals surface area contributed by atoms with Gasteiger partial charge >= 0.3 is 0 Å². The molecule has 2 bridgehead atoms. The number of aliphatic hydroxyl groups excluding tert-OH is 1. The highest BCUT2D eigenvalue weighted by atomic mass is 16.5. The second kappa shape index (κ2) is 2.99. The van der Waals surface area contributed by atoms with Gasteiger partial charge in [-0.25, -0.2) is 0 Å². The van der Waals surface area contributed by atoms with Crippen molar-refractivity contribution in [1.82, 2.24) is 0 Å². The van der Waals surface area contributed by atoms with Crippen LogP contribution in [-0.2, 0) is 4.74 Å². The minimum Gasteiger partial charge on any atom is -0.392 e. The Balaban J connectivity index is 1.86. The molecular formula is C14H18O2. The number of hydrogen-bond donors (Lipinski definition) is 1. The van der Waals surface area contributed by atoms with Gasteiger partial charge in [0.1, 0.15) is 0 Å². The van der Waals surface area contributed by atoms with E-state index in [9.17, 15) is 5.11 Å². The molecule has 2 heteroatoms. The summed E-state index contributed by atoms with van der Waals surface area (Å²) in [6.07, 6.45) is 12.5. The predicted molar refractivity (Wildman–Crippen MR) is 60.8 cm³/mol. The molecule has 6 atom stereocenters. The molecule has 0 radical (unpaired) electrons. The summed E-state index contributed by atoms with van der Waals surface area (Å²) >= 11 is 0. The van der Waals surface area contributed by atoms with Crippen molar-refractivity contribution in [2.45, 2.75) is 31.5 Å². The Bertz CT molecular complexity index is 373. The zero-order valence-corrected chi connectivity index (χ0v) is 9.38. The maximum absolute atomic E-state index is 10.6. The molecule has 86 valence electrons.